The number of carbonyl (C=O) groups is 1. The van der Waals surface area contributed by atoms with Gasteiger partial charge in [0.2, 0.25) is 0 Å². The van der Waals surface area contributed by atoms with Gasteiger partial charge >= 0.3 is 0 Å². The highest BCUT2D eigenvalue weighted by molar-refractivity contribution is 5.93. The number of rotatable bonds is 3. The van der Waals surface area contributed by atoms with Crippen LogP contribution in [0.2, 0.25) is 0 Å². The number of amides is 1. The molecule has 0 saturated carbocycles. The number of hydrogen-bond acceptors (Lipinski definition) is 1. The van der Waals surface area contributed by atoms with Crippen LogP contribution in [0.5, 0.6) is 0 Å². The standard InChI is InChI=1S/C12H13NO/c1-3-4-10-13(2)12(14)11-8-6-5-7-9-11/h1,5-9H,4,10H2,2H3. The second kappa shape index (κ2) is 5.08. The van der Waals surface area contributed by atoms with Crippen LogP contribution in [0.25, 0.3) is 0 Å². The van der Waals surface area contributed by atoms with Crippen molar-refractivity contribution >= 4 is 5.91 Å². The average molecular weight is 187 g/mol. The summed E-state index contributed by atoms with van der Waals surface area (Å²) in [7, 11) is 1.76. The largest absolute Gasteiger partial charge is 0.341 e. The summed E-state index contributed by atoms with van der Waals surface area (Å²) < 4.78 is 0. The van der Waals surface area contributed by atoms with Gasteiger partial charge in [-0.3, -0.25) is 4.79 Å². The lowest BCUT2D eigenvalue weighted by atomic mass is 10.2. The van der Waals surface area contributed by atoms with Crippen LogP contribution in [0.3, 0.4) is 0 Å². The van der Waals surface area contributed by atoms with Gasteiger partial charge < -0.3 is 4.90 Å². The van der Waals surface area contributed by atoms with E-state index >= 15 is 0 Å². The summed E-state index contributed by atoms with van der Waals surface area (Å²) in [6.45, 7) is 0.601. The minimum Gasteiger partial charge on any atom is -0.341 e. The molecule has 0 radical (unpaired) electrons. The number of benzene rings is 1. The van der Waals surface area contributed by atoms with Crippen LogP contribution in [-0.4, -0.2) is 24.4 Å². The number of hydrogen-bond donors (Lipinski definition) is 0. The maximum atomic E-state index is 11.7. The first-order valence-corrected chi connectivity index (χ1v) is 4.49. The molecule has 1 amide bonds. The van der Waals surface area contributed by atoms with Gasteiger partial charge in [-0.2, -0.15) is 0 Å². The number of nitrogens with zero attached hydrogens (tertiary/aromatic N) is 1. The van der Waals surface area contributed by atoms with Crippen molar-refractivity contribution in [3.8, 4) is 12.3 Å². The minimum atomic E-state index is 0.0147. The van der Waals surface area contributed by atoms with E-state index in [4.69, 9.17) is 6.42 Å². The fourth-order valence-electron chi connectivity index (χ4n) is 1.13. The van der Waals surface area contributed by atoms with E-state index in [0.717, 1.165) is 0 Å². The zero-order valence-electron chi connectivity index (χ0n) is 8.23. The Balaban J connectivity index is 2.63. The van der Waals surface area contributed by atoms with Crippen LogP contribution in [0, 0.1) is 12.3 Å². The molecule has 0 bridgehead atoms. The fourth-order valence-corrected chi connectivity index (χ4v) is 1.13. The Kier molecular flexibility index (Phi) is 3.75. The Bertz CT molecular complexity index is 337. The van der Waals surface area contributed by atoms with Gasteiger partial charge in [0, 0.05) is 25.6 Å². The Morgan fingerprint density at radius 3 is 2.64 bits per heavy atom. The number of carbonyl (C=O) groups excluding carboxylic acids is 1. The second-order valence-electron chi connectivity index (χ2n) is 3.05. The number of terminal acetylenes is 1. The molecule has 0 N–H and O–H groups in total. The van der Waals surface area contributed by atoms with Crippen LogP contribution in [0.4, 0.5) is 0 Å². The summed E-state index contributed by atoms with van der Waals surface area (Å²) >= 11 is 0. The van der Waals surface area contributed by atoms with Crippen LogP contribution in [0.15, 0.2) is 30.3 Å². The SMILES string of the molecule is C#CCCN(C)C(=O)c1ccccc1. The van der Waals surface area contributed by atoms with Gasteiger partial charge in [0.05, 0.1) is 0 Å². The summed E-state index contributed by atoms with van der Waals surface area (Å²) in [5, 5.41) is 0. The summed E-state index contributed by atoms with van der Waals surface area (Å²) in [5.74, 6) is 2.53. The maximum Gasteiger partial charge on any atom is 0.253 e. The van der Waals surface area contributed by atoms with Crippen molar-refractivity contribution in [3.05, 3.63) is 35.9 Å². The summed E-state index contributed by atoms with van der Waals surface area (Å²) in [4.78, 5) is 13.3. The zero-order chi connectivity index (χ0) is 10.4. The third-order valence-corrected chi connectivity index (χ3v) is 1.96. The minimum absolute atomic E-state index is 0.0147. The lowest BCUT2D eigenvalue weighted by Crippen LogP contribution is -2.27. The lowest BCUT2D eigenvalue weighted by molar-refractivity contribution is 0.0798. The predicted octanol–water partition coefficient (Wildman–Crippen LogP) is 1.78. The Morgan fingerprint density at radius 1 is 1.43 bits per heavy atom. The molecule has 14 heavy (non-hydrogen) atoms. The van der Waals surface area contributed by atoms with Gasteiger partial charge in [0.15, 0.2) is 0 Å². The lowest BCUT2D eigenvalue weighted by Gasteiger charge is -2.15. The summed E-state index contributed by atoms with van der Waals surface area (Å²) in [6, 6.07) is 9.19. The molecule has 2 nitrogen and oxygen atoms in total. The van der Waals surface area contributed by atoms with Crippen LogP contribution >= 0.6 is 0 Å². The molecule has 0 aliphatic rings. The molecule has 0 heterocycles. The molecule has 0 fully saturated rings. The van der Waals surface area contributed by atoms with Crippen molar-refractivity contribution in [2.45, 2.75) is 6.42 Å². The Labute approximate surface area is 84.5 Å². The van der Waals surface area contributed by atoms with E-state index in [0.29, 0.717) is 18.5 Å². The molecule has 1 aromatic carbocycles. The van der Waals surface area contributed by atoms with Crippen molar-refractivity contribution in [2.75, 3.05) is 13.6 Å². The Morgan fingerprint density at radius 2 is 2.07 bits per heavy atom. The molecular formula is C12H13NO. The van der Waals surface area contributed by atoms with Crippen LogP contribution < -0.4 is 0 Å². The Hall–Kier alpha value is -1.75. The third-order valence-electron chi connectivity index (χ3n) is 1.96. The third kappa shape index (κ3) is 2.63. The normalized spacial score (nSPS) is 9.14. The first kappa shape index (κ1) is 10.3. The quantitative estimate of drug-likeness (QED) is 0.660. The molecule has 0 atom stereocenters. The van der Waals surface area contributed by atoms with E-state index in [1.165, 1.54) is 0 Å². The second-order valence-corrected chi connectivity index (χ2v) is 3.05. The van der Waals surface area contributed by atoms with E-state index in [-0.39, 0.29) is 5.91 Å². The first-order chi connectivity index (χ1) is 6.75. The maximum absolute atomic E-state index is 11.7. The van der Waals surface area contributed by atoms with Crippen molar-refractivity contribution in [2.24, 2.45) is 0 Å². The highest BCUT2D eigenvalue weighted by atomic mass is 16.2. The van der Waals surface area contributed by atoms with E-state index in [9.17, 15) is 4.79 Å². The predicted molar refractivity (Wildman–Crippen MR) is 56.9 cm³/mol. The topological polar surface area (TPSA) is 20.3 Å². The van der Waals surface area contributed by atoms with E-state index < -0.39 is 0 Å². The molecule has 0 unspecified atom stereocenters. The van der Waals surface area contributed by atoms with E-state index in [2.05, 4.69) is 5.92 Å². The van der Waals surface area contributed by atoms with Gasteiger partial charge in [-0.1, -0.05) is 18.2 Å². The average Bonchev–Trinajstić information content (AvgIpc) is 2.26. The zero-order valence-corrected chi connectivity index (χ0v) is 8.23. The molecule has 1 rings (SSSR count). The molecular weight excluding hydrogens is 174 g/mol. The molecule has 0 spiro atoms. The molecule has 72 valence electrons. The van der Waals surface area contributed by atoms with Crippen LogP contribution in [0.1, 0.15) is 16.8 Å². The van der Waals surface area contributed by atoms with Gasteiger partial charge in [0.25, 0.3) is 5.91 Å². The van der Waals surface area contributed by atoms with E-state index in [1.807, 2.05) is 18.2 Å². The summed E-state index contributed by atoms with van der Waals surface area (Å²) in [6.07, 6.45) is 5.72. The van der Waals surface area contributed by atoms with Crippen LogP contribution in [-0.2, 0) is 0 Å². The monoisotopic (exact) mass is 187 g/mol. The smallest absolute Gasteiger partial charge is 0.253 e. The van der Waals surface area contributed by atoms with E-state index in [1.54, 1.807) is 24.1 Å². The van der Waals surface area contributed by atoms with Gasteiger partial charge in [-0.15, -0.1) is 12.3 Å². The molecule has 0 aliphatic heterocycles. The first-order valence-electron chi connectivity index (χ1n) is 4.49. The molecule has 0 saturated heterocycles. The van der Waals surface area contributed by atoms with Crippen molar-refractivity contribution < 1.29 is 4.79 Å². The molecule has 0 aromatic heterocycles. The van der Waals surface area contributed by atoms with Crippen molar-refractivity contribution in [1.29, 1.82) is 0 Å². The van der Waals surface area contributed by atoms with Gasteiger partial charge in [-0.25, -0.2) is 0 Å². The molecule has 0 aliphatic carbocycles. The summed E-state index contributed by atoms with van der Waals surface area (Å²) in [5.41, 5.74) is 0.701. The fraction of sp³-hybridized carbons (Fsp3) is 0.250. The van der Waals surface area contributed by atoms with Gasteiger partial charge in [-0.05, 0) is 12.1 Å². The van der Waals surface area contributed by atoms with Crippen molar-refractivity contribution in [3.63, 3.8) is 0 Å². The highest BCUT2D eigenvalue weighted by Crippen LogP contribution is 2.02. The van der Waals surface area contributed by atoms with Crippen molar-refractivity contribution in [1.82, 2.24) is 4.90 Å². The van der Waals surface area contributed by atoms with Gasteiger partial charge in [0.1, 0.15) is 0 Å². The highest BCUT2D eigenvalue weighted by Gasteiger charge is 2.09. The molecule has 1 aromatic rings. The molecule has 2 heteroatoms.